The average molecular weight is 232 g/mol. The van der Waals surface area contributed by atoms with E-state index in [2.05, 4.69) is 11.8 Å². The lowest BCUT2D eigenvalue weighted by Gasteiger charge is -2.01. The van der Waals surface area contributed by atoms with Crippen LogP contribution in [0.3, 0.4) is 0 Å². The van der Waals surface area contributed by atoms with Gasteiger partial charge in [0.05, 0.1) is 13.2 Å². The molecule has 0 saturated heterocycles. The van der Waals surface area contributed by atoms with E-state index in [1.807, 2.05) is 25.1 Å². The molecule has 0 atom stereocenters. The van der Waals surface area contributed by atoms with Crippen molar-refractivity contribution in [1.82, 2.24) is 0 Å². The predicted octanol–water partition coefficient (Wildman–Crippen LogP) is 1.79. The van der Waals surface area contributed by atoms with Crippen molar-refractivity contribution >= 4 is 5.97 Å². The van der Waals surface area contributed by atoms with Gasteiger partial charge in [-0.25, -0.2) is 0 Å². The third kappa shape index (κ3) is 4.29. The standard InChI is InChI=1S/C14H16O3/c1-3-17-14(16)6-4-5-13-8-7-12(10-15)9-11(13)2/h7-9,15H,3,6,10H2,1-2H3. The van der Waals surface area contributed by atoms with Crippen molar-refractivity contribution in [3.8, 4) is 11.8 Å². The quantitative estimate of drug-likeness (QED) is 0.638. The molecule has 0 bridgehead atoms. The first-order valence-electron chi connectivity index (χ1n) is 5.52. The van der Waals surface area contributed by atoms with Crippen molar-refractivity contribution in [2.24, 2.45) is 0 Å². The Balaban J connectivity index is 2.69. The van der Waals surface area contributed by atoms with Gasteiger partial charge in [0.25, 0.3) is 0 Å². The van der Waals surface area contributed by atoms with Crippen molar-refractivity contribution in [2.75, 3.05) is 6.61 Å². The number of esters is 1. The molecule has 3 nitrogen and oxygen atoms in total. The van der Waals surface area contributed by atoms with Crippen LogP contribution in [0.1, 0.15) is 30.0 Å². The molecule has 0 unspecified atom stereocenters. The fourth-order valence-electron chi connectivity index (χ4n) is 1.39. The van der Waals surface area contributed by atoms with Crippen LogP contribution < -0.4 is 0 Å². The number of carbonyl (C=O) groups is 1. The molecule has 0 aliphatic carbocycles. The van der Waals surface area contributed by atoms with Crippen LogP contribution in [0.15, 0.2) is 18.2 Å². The lowest BCUT2D eigenvalue weighted by atomic mass is 10.1. The second kappa shape index (κ2) is 6.72. The van der Waals surface area contributed by atoms with Crippen LogP contribution in [0.5, 0.6) is 0 Å². The van der Waals surface area contributed by atoms with Crippen LogP contribution in [0, 0.1) is 18.8 Å². The molecule has 0 aliphatic rings. The number of aryl methyl sites for hydroxylation is 1. The zero-order chi connectivity index (χ0) is 12.7. The van der Waals surface area contributed by atoms with E-state index in [0.717, 1.165) is 16.7 Å². The number of aliphatic hydroxyl groups excluding tert-OH is 1. The summed E-state index contributed by atoms with van der Waals surface area (Å²) in [6.07, 6.45) is 0.106. The average Bonchev–Trinajstić information content (AvgIpc) is 2.31. The number of aliphatic hydroxyl groups is 1. The summed E-state index contributed by atoms with van der Waals surface area (Å²) in [6, 6.07) is 5.55. The van der Waals surface area contributed by atoms with Gasteiger partial charge in [-0.2, -0.15) is 0 Å². The maximum Gasteiger partial charge on any atom is 0.317 e. The molecule has 0 radical (unpaired) electrons. The number of hydrogen-bond acceptors (Lipinski definition) is 3. The number of hydrogen-bond donors (Lipinski definition) is 1. The summed E-state index contributed by atoms with van der Waals surface area (Å²) in [5, 5.41) is 8.96. The first kappa shape index (κ1) is 13.3. The zero-order valence-corrected chi connectivity index (χ0v) is 10.1. The summed E-state index contributed by atoms with van der Waals surface area (Å²) in [4.78, 5) is 11.1. The molecular formula is C14H16O3. The molecule has 90 valence electrons. The Morgan fingerprint density at radius 1 is 1.47 bits per heavy atom. The highest BCUT2D eigenvalue weighted by Crippen LogP contribution is 2.09. The molecule has 3 heteroatoms. The smallest absolute Gasteiger partial charge is 0.317 e. The van der Waals surface area contributed by atoms with Gasteiger partial charge in [0.2, 0.25) is 0 Å². The Hall–Kier alpha value is -1.79. The first-order chi connectivity index (χ1) is 8.17. The number of benzene rings is 1. The highest BCUT2D eigenvalue weighted by Gasteiger charge is 1.98. The van der Waals surface area contributed by atoms with Gasteiger partial charge < -0.3 is 9.84 Å². The second-order valence-electron chi connectivity index (χ2n) is 3.59. The van der Waals surface area contributed by atoms with E-state index in [9.17, 15) is 4.79 Å². The molecule has 0 aromatic heterocycles. The van der Waals surface area contributed by atoms with Crippen LogP contribution in [0.25, 0.3) is 0 Å². The second-order valence-corrected chi connectivity index (χ2v) is 3.59. The molecular weight excluding hydrogens is 216 g/mol. The largest absolute Gasteiger partial charge is 0.465 e. The Kier molecular flexibility index (Phi) is 5.25. The molecule has 1 aromatic rings. The maximum absolute atomic E-state index is 11.1. The monoisotopic (exact) mass is 232 g/mol. The van der Waals surface area contributed by atoms with Crippen LogP contribution >= 0.6 is 0 Å². The van der Waals surface area contributed by atoms with E-state index in [1.54, 1.807) is 6.92 Å². The molecule has 0 spiro atoms. The van der Waals surface area contributed by atoms with E-state index in [4.69, 9.17) is 9.84 Å². The summed E-state index contributed by atoms with van der Waals surface area (Å²) in [7, 11) is 0. The van der Waals surface area contributed by atoms with Crippen LogP contribution in [0.2, 0.25) is 0 Å². The van der Waals surface area contributed by atoms with Crippen LogP contribution in [-0.2, 0) is 16.1 Å². The van der Waals surface area contributed by atoms with Crippen molar-refractivity contribution in [3.63, 3.8) is 0 Å². The van der Waals surface area contributed by atoms with Gasteiger partial charge in [0.1, 0.15) is 6.42 Å². The molecule has 0 amide bonds. The molecule has 0 aliphatic heterocycles. The zero-order valence-electron chi connectivity index (χ0n) is 10.1. The SMILES string of the molecule is CCOC(=O)CC#Cc1ccc(CO)cc1C. The van der Waals surface area contributed by atoms with Gasteiger partial charge in [-0.1, -0.05) is 24.0 Å². The van der Waals surface area contributed by atoms with E-state index in [0.29, 0.717) is 6.61 Å². The van der Waals surface area contributed by atoms with Gasteiger partial charge in [0.15, 0.2) is 0 Å². The molecule has 0 saturated carbocycles. The fourth-order valence-corrected chi connectivity index (χ4v) is 1.39. The Morgan fingerprint density at radius 3 is 2.82 bits per heavy atom. The Labute approximate surface area is 101 Å². The number of rotatable bonds is 3. The normalized spacial score (nSPS) is 9.35. The lowest BCUT2D eigenvalue weighted by molar-refractivity contribution is -0.141. The van der Waals surface area contributed by atoms with Gasteiger partial charge in [-0.3, -0.25) is 4.79 Å². The third-order valence-corrected chi connectivity index (χ3v) is 2.23. The lowest BCUT2D eigenvalue weighted by Crippen LogP contribution is -2.01. The van der Waals surface area contributed by atoms with Gasteiger partial charge >= 0.3 is 5.97 Å². The molecule has 0 heterocycles. The van der Waals surface area contributed by atoms with E-state index >= 15 is 0 Å². The first-order valence-corrected chi connectivity index (χ1v) is 5.52. The number of carbonyl (C=O) groups excluding carboxylic acids is 1. The molecule has 1 aromatic carbocycles. The molecule has 0 fully saturated rings. The van der Waals surface area contributed by atoms with Crippen molar-refractivity contribution in [2.45, 2.75) is 26.9 Å². The molecule has 1 rings (SSSR count). The van der Waals surface area contributed by atoms with Gasteiger partial charge in [0, 0.05) is 5.56 Å². The Bertz CT molecular complexity index is 452. The minimum Gasteiger partial charge on any atom is -0.465 e. The minimum absolute atomic E-state index is 0.0252. The number of ether oxygens (including phenoxy) is 1. The van der Waals surface area contributed by atoms with E-state index < -0.39 is 0 Å². The van der Waals surface area contributed by atoms with Gasteiger partial charge in [-0.15, -0.1) is 0 Å². The van der Waals surface area contributed by atoms with Crippen molar-refractivity contribution in [3.05, 3.63) is 34.9 Å². The van der Waals surface area contributed by atoms with Gasteiger partial charge in [-0.05, 0) is 31.0 Å². The fraction of sp³-hybridized carbons (Fsp3) is 0.357. The van der Waals surface area contributed by atoms with Crippen LogP contribution in [0.4, 0.5) is 0 Å². The summed E-state index contributed by atoms with van der Waals surface area (Å²) < 4.78 is 4.77. The topological polar surface area (TPSA) is 46.5 Å². The summed E-state index contributed by atoms with van der Waals surface area (Å²) in [5.74, 6) is 5.40. The predicted molar refractivity (Wildman–Crippen MR) is 65.2 cm³/mol. The van der Waals surface area contributed by atoms with Crippen LogP contribution in [-0.4, -0.2) is 17.7 Å². The Morgan fingerprint density at radius 2 is 2.24 bits per heavy atom. The summed E-state index contributed by atoms with van der Waals surface area (Å²) >= 11 is 0. The maximum atomic E-state index is 11.1. The molecule has 17 heavy (non-hydrogen) atoms. The summed E-state index contributed by atoms with van der Waals surface area (Å²) in [5.41, 5.74) is 2.72. The van der Waals surface area contributed by atoms with E-state index in [1.165, 1.54) is 0 Å². The third-order valence-electron chi connectivity index (χ3n) is 2.23. The highest BCUT2D eigenvalue weighted by molar-refractivity contribution is 5.72. The van der Waals surface area contributed by atoms with Crippen molar-refractivity contribution < 1.29 is 14.6 Å². The highest BCUT2D eigenvalue weighted by atomic mass is 16.5. The summed E-state index contributed by atoms with van der Waals surface area (Å²) in [6.45, 7) is 4.10. The molecule has 1 N–H and O–H groups in total. The van der Waals surface area contributed by atoms with Crippen molar-refractivity contribution in [1.29, 1.82) is 0 Å². The minimum atomic E-state index is -0.301. The van der Waals surface area contributed by atoms with E-state index in [-0.39, 0.29) is 19.0 Å².